The molecule has 0 aliphatic heterocycles. The number of aliphatic hydroxyl groups is 1. The van der Waals surface area contributed by atoms with Gasteiger partial charge in [-0.25, -0.2) is 4.98 Å². The van der Waals surface area contributed by atoms with Crippen molar-refractivity contribution < 1.29 is 10.0 Å². The zero-order chi connectivity index (χ0) is 14.9. The molecule has 2 rings (SSSR count). The van der Waals surface area contributed by atoms with E-state index < -0.39 is 10.5 Å². The molecule has 1 aromatic heterocycles. The van der Waals surface area contributed by atoms with E-state index in [4.69, 9.17) is 0 Å². The predicted molar refractivity (Wildman–Crippen MR) is 77.8 cm³/mol. The number of para-hydroxylation sites is 1. The minimum atomic E-state index is -1.00. The summed E-state index contributed by atoms with van der Waals surface area (Å²) < 4.78 is 0. The molecule has 0 radical (unpaired) electrons. The molecule has 20 heavy (non-hydrogen) atoms. The van der Waals surface area contributed by atoms with Gasteiger partial charge in [-0.1, -0.05) is 18.2 Å². The van der Waals surface area contributed by atoms with Crippen molar-refractivity contribution in [1.29, 1.82) is 0 Å². The Balaban J connectivity index is 2.58. The van der Waals surface area contributed by atoms with E-state index in [0.29, 0.717) is 16.6 Å². The summed E-state index contributed by atoms with van der Waals surface area (Å²) in [5.41, 5.74) is -0.0447. The molecule has 0 aliphatic carbocycles. The number of aromatic nitrogens is 1. The summed E-state index contributed by atoms with van der Waals surface area (Å²) in [6, 6.07) is 6.83. The zero-order valence-electron chi connectivity index (χ0n) is 11.6. The molecule has 2 aromatic rings. The number of hydrogen-bond acceptors (Lipinski definition) is 5. The minimum absolute atomic E-state index is 0.0974. The third-order valence-electron chi connectivity index (χ3n) is 3.37. The first-order valence-electron chi connectivity index (χ1n) is 6.31. The highest BCUT2D eigenvalue weighted by atomic mass is 16.6. The zero-order valence-corrected chi connectivity index (χ0v) is 11.6. The van der Waals surface area contributed by atoms with E-state index in [9.17, 15) is 15.2 Å². The molecule has 1 unspecified atom stereocenters. The van der Waals surface area contributed by atoms with Crippen LogP contribution in [-0.2, 0) is 0 Å². The first kappa shape index (κ1) is 14.2. The van der Waals surface area contributed by atoms with Crippen LogP contribution in [0, 0.1) is 10.1 Å². The molecule has 6 heteroatoms. The van der Waals surface area contributed by atoms with Gasteiger partial charge in [0, 0.05) is 5.39 Å². The molecule has 0 fully saturated rings. The van der Waals surface area contributed by atoms with E-state index in [1.54, 1.807) is 39.0 Å². The summed E-state index contributed by atoms with van der Waals surface area (Å²) in [6.07, 6.45) is 1.24. The number of rotatable bonds is 4. The van der Waals surface area contributed by atoms with Gasteiger partial charge in [0.25, 0.3) is 0 Å². The first-order valence-corrected chi connectivity index (χ1v) is 6.31. The lowest BCUT2D eigenvalue weighted by Crippen LogP contribution is -2.39. The van der Waals surface area contributed by atoms with Gasteiger partial charge in [-0.05, 0) is 26.8 Å². The summed E-state index contributed by atoms with van der Waals surface area (Å²) in [7, 11) is 0. The van der Waals surface area contributed by atoms with Crippen LogP contribution in [0.15, 0.2) is 30.5 Å². The number of fused-ring (bicyclic) bond motifs is 1. The predicted octanol–water partition coefficient (Wildman–Crippen LogP) is 2.71. The van der Waals surface area contributed by atoms with Crippen molar-refractivity contribution in [2.75, 3.05) is 5.32 Å². The number of pyridine rings is 1. The maximum absolute atomic E-state index is 11.2. The molecular weight excluding hydrogens is 258 g/mol. The molecule has 0 bridgehead atoms. The largest absolute Gasteiger partial charge is 0.388 e. The van der Waals surface area contributed by atoms with Gasteiger partial charge in [0.2, 0.25) is 0 Å². The molecule has 106 valence electrons. The lowest BCUT2D eigenvalue weighted by molar-refractivity contribution is -0.384. The Bertz CT molecular complexity index is 650. The number of nitrogens with one attached hydrogen (secondary N) is 1. The van der Waals surface area contributed by atoms with Gasteiger partial charge < -0.3 is 10.4 Å². The lowest BCUT2D eigenvalue weighted by atomic mass is 10.00. The van der Waals surface area contributed by atoms with Gasteiger partial charge in [-0.3, -0.25) is 10.1 Å². The fourth-order valence-corrected chi connectivity index (χ4v) is 1.81. The fourth-order valence-electron chi connectivity index (χ4n) is 1.81. The molecular formula is C14H17N3O3. The number of benzene rings is 1. The smallest absolute Gasteiger partial charge is 0.311 e. The Morgan fingerprint density at radius 1 is 1.40 bits per heavy atom. The van der Waals surface area contributed by atoms with Gasteiger partial charge in [-0.2, -0.15) is 0 Å². The summed E-state index contributed by atoms with van der Waals surface area (Å²) in [5, 5.41) is 24.9. The molecule has 0 aliphatic rings. The van der Waals surface area contributed by atoms with Gasteiger partial charge in [0.1, 0.15) is 11.9 Å². The number of hydrogen-bond donors (Lipinski definition) is 2. The van der Waals surface area contributed by atoms with Crippen LogP contribution in [-0.4, -0.2) is 26.7 Å². The highest BCUT2D eigenvalue weighted by Gasteiger charge is 2.26. The van der Waals surface area contributed by atoms with E-state index in [0.717, 1.165) is 0 Å². The van der Waals surface area contributed by atoms with Crippen LogP contribution in [0.5, 0.6) is 0 Å². The van der Waals surface area contributed by atoms with Gasteiger partial charge in [0.05, 0.1) is 22.1 Å². The minimum Gasteiger partial charge on any atom is -0.388 e. The summed E-state index contributed by atoms with van der Waals surface area (Å²) in [5.74, 6) is 0. The maximum Gasteiger partial charge on any atom is 0.311 e. The van der Waals surface area contributed by atoms with Crippen molar-refractivity contribution in [1.82, 2.24) is 4.98 Å². The van der Waals surface area contributed by atoms with Gasteiger partial charge in [-0.15, -0.1) is 0 Å². The van der Waals surface area contributed by atoms with E-state index in [1.807, 2.05) is 6.07 Å². The van der Waals surface area contributed by atoms with Crippen molar-refractivity contribution in [3.8, 4) is 0 Å². The van der Waals surface area contributed by atoms with Gasteiger partial charge >= 0.3 is 5.69 Å². The Kier molecular flexibility index (Phi) is 3.59. The summed E-state index contributed by atoms with van der Waals surface area (Å²) >= 11 is 0. The van der Waals surface area contributed by atoms with Crippen molar-refractivity contribution >= 4 is 22.3 Å². The lowest BCUT2D eigenvalue weighted by Gasteiger charge is -2.27. The monoisotopic (exact) mass is 275 g/mol. The van der Waals surface area contributed by atoms with Crippen molar-refractivity contribution in [2.24, 2.45) is 0 Å². The number of anilines is 1. The van der Waals surface area contributed by atoms with Crippen LogP contribution >= 0.6 is 0 Å². The third kappa shape index (κ3) is 2.70. The van der Waals surface area contributed by atoms with E-state index in [2.05, 4.69) is 10.3 Å². The molecule has 0 saturated heterocycles. The second-order valence-corrected chi connectivity index (χ2v) is 5.31. The van der Waals surface area contributed by atoms with Crippen molar-refractivity contribution in [3.63, 3.8) is 0 Å². The van der Waals surface area contributed by atoms with Crippen LogP contribution < -0.4 is 5.32 Å². The second kappa shape index (κ2) is 5.05. The SMILES string of the molecule is CC(Nc1c([N+](=O)[O-])cnc2ccccc12)C(C)(C)O. The average molecular weight is 275 g/mol. The molecule has 0 saturated carbocycles. The highest BCUT2D eigenvalue weighted by molar-refractivity contribution is 5.95. The molecule has 1 heterocycles. The second-order valence-electron chi connectivity index (χ2n) is 5.31. The highest BCUT2D eigenvalue weighted by Crippen LogP contribution is 2.32. The number of nitrogens with zero attached hydrogens (tertiary/aromatic N) is 2. The average Bonchev–Trinajstić information content (AvgIpc) is 2.37. The molecule has 1 atom stereocenters. The van der Waals surface area contributed by atoms with E-state index in [-0.39, 0.29) is 11.7 Å². The molecule has 0 spiro atoms. The van der Waals surface area contributed by atoms with Crippen LogP contribution in [0.25, 0.3) is 10.9 Å². The van der Waals surface area contributed by atoms with Crippen molar-refractivity contribution in [3.05, 3.63) is 40.6 Å². The van der Waals surface area contributed by atoms with Crippen LogP contribution in [0.2, 0.25) is 0 Å². The molecule has 0 amide bonds. The Morgan fingerprint density at radius 3 is 2.65 bits per heavy atom. The maximum atomic E-state index is 11.2. The van der Waals surface area contributed by atoms with Crippen molar-refractivity contribution in [2.45, 2.75) is 32.4 Å². The first-order chi connectivity index (χ1) is 9.30. The Hall–Kier alpha value is -2.21. The normalized spacial score (nSPS) is 13.2. The Morgan fingerprint density at radius 2 is 2.05 bits per heavy atom. The summed E-state index contributed by atoms with van der Waals surface area (Å²) in [6.45, 7) is 5.08. The summed E-state index contributed by atoms with van der Waals surface area (Å²) in [4.78, 5) is 14.8. The van der Waals surface area contributed by atoms with E-state index in [1.165, 1.54) is 6.20 Å². The number of nitro groups is 1. The molecule has 1 aromatic carbocycles. The Labute approximate surface area is 116 Å². The fraction of sp³-hybridized carbons (Fsp3) is 0.357. The van der Waals surface area contributed by atoms with Crippen LogP contribution in [0.4, 0.5) is 11.4 Å². The third-order valence-corrected chi connectivity index (χ3v) is 3.37. The van der Waals surface area contributed by atoms with E-state index >= 15 is 0 Å². The van der Waals surface area contributed by atoms with Crippen LogP contribution in [0.1, 0.15) is 20.8 Å². The standard InChI is InChI=1S/C14H17N3O3/c1-9(14(2,3)18)16-13-10-6-4-5-7-11(10)15-8-12(13)17(19)20/h4-9,18H,1-3H3,(H,15,16). The molecule has 2 N–H and O–H groups in total. The van der Waals surface area contributed by atoms with Crippen LogP contribution in [0.3, 0.4) is 0 Å². The topological polar surface area (TPSA) is 88.3 Å². The van der Waals surface area contributed by atoms with Gasteiger partial charge in [0.15, 0.2) is 0 Å². The quantitative estimate of drug-likeness (QED) is 0.661. The molecule has 6 nitrogen and oxygen atoms in total.